The van der Waals surface area contributed by atoms with E-state index >= 15 is 0 Å². The zero-order valence-corrected chi connectivity index (χ0v) is 13.3. The first-order valence-corrected chi connectivity index (χ1v) is 7.64. The van der Waals surface area contributed by atoms with Gasteiger partial charge in [-0.15, -0.1) is 0 Å². The number of halogens is 2. The van der Waals surface area contributed by atoms with Crippen molar-refractivity contribution >= 4 is 23.2 Å². The molecule has 0 saturated heterocycles. The second-order valence-electron chi connectivity index (χ2n) is 4.94. The van der Waals surface area contributed by atoms with E-state index in [4.69, 9.17) is 28.9 Å². The molecule has 4 heteroatoms. The number of hydrogen-bond acceptors (Lipinski definition) is 2. The molecule has 110 valence electrons. The molecule has 2 aromatic carbocycles. The van der Waals surface area contributed by atoms with Crippen molar-refractivity contribution in [1.29, 1.82) is 0 Å². The Hall–Kier alpha value is -1.87. The Morgan fingerprint density at radius 2 is 1.27 bits per heavy atom. The van der Waals surface area contributed by atoms with Gasteiger partial charge < -0.3 is 5.73 Å². The Morgan fingerprint density at radius 3 is 1.77 bits per heavy atom. The molecule has 2 N–H and O–H groups in total. The van der Waals surface area contributed by atoms with Crippen molar-refractivity contribution in [2.45, 2.75) is 6.54 Å². The third kappa shape index (κ3) is 3.14. The van der Waals surface area contributed by atoms with Crippen molar-refractivity contribution < 1.29 is 0 Å². The van der Waals surface area contributed by atoms with E-state index in [1.807, 2.05) is 60.8 Å². The summed E-state index contributed by atoms with van der Waals surface area (Å²) in [5, 5.41) is 1.42. The molecule has 3 aromatic rings. The highest BCUT2D eigenvalue weighted by Crippen LogP contribution is 2.33. The molecule has 0 bridgehead atoms. The summed E-state index contributed by atoms with van der Waals surface area (Å²) >= 11 is 12.0. The molecule has 0 amide bonds. The number of nitrogens with two attached hydrogens (primary N) is 1. The first-order valence-electron chi connectivity index (χ1n) is 6.88. The summed E-state index contributed by atoms with van der Waals surface area (Å²) in [7, 11) is 0. The molecule has 3 rings (SSSR count). The third-order valence-electron chi connectivity index (χ3n) is 3.48. The van der Waals surface area contributed by atoms with E-state index in [1.54, 1.807) is 0 Å². The number of rotatable bonds is 3. The summed E-state index contributed by atoms with van der Waals surface area (Å²) in [5.74, 6) is 0. The second kappa shape index (κ2) is 6.49. The highest BCUT2D eigenvalue weighted by molar-refractivity contribution is 6.31. The quantitative estimate of drug-likeness (QED) is 0.719. The maximum Gasteiger partial charge on any atom is 0.0546 e. The van der Waals surface area contributed by atoms with Gasteiger partial charge in [0.25, 0.3) is 0 Å². The van der Waals surface area contributed by atoms with Crippen LogP contribution in [0.2, 0.25) is 10.0 Å². The minimum absolute atomic E-state index is 0.404. The second-order valence-corrected chi connectivity index (χ2v) is 5.81. The standard InChI is InChI=1S/C18H14Cl2N2/c19-14-5-1-12(2-6-14)17-9-16(10-21)22-11-18(17)13-3-7-15(20)8-4-13/h1-9,11H,10,21H2. The summed E-state index contributed by atoms with van der Waals surface area (Å²) in [6.45, 7) is 0.404. The molecule has 0 aliphatic rings. The Balaban J connectivity index is 2.17. The topological polar surface area (TPSA) is 38.9 Å². The third-order valence-corrected chi connectivity index (χ3v) is 3.98. The normalized spacial score (nSPS) is 10.7. The van der Waals surface area contributed by atoms with Crippen LogP contribution in [0.3, 0.4) is 0 Å². The fourth-order valence-corrected chi connectivity index (χ4v) is 2.59. The van der Waals surface area contributed by atoms with Gasteiger partial charge in [0.05, 0.1) is 5.69 Å². The number of aromatic nitrogens is 1. The number of nitrogens with zero attached hydrogens (tertiary/aromatic N) is 1. The highest BCUT2D eigenvalue weighted by atomic mass is 35.5. The molecule has 1 heterocycles. The van der Waals surface area contributed by atoms with Gasteiger partial charge in [-0.3, -0.25) is 4.98 Å². The van der Waals surface area contributed by atoms with Gasteiger partial charge in [0, 0.05) is 28.4 Å². The van der Waals surface area contributed by atoms with Crippen molar-refractivity contribution in [3.63, 3.8) is 0 Å². The van der Waals surface area contributed by atoms with Crippen LogP contribution in [0, 0.1) is 0 Å². The Morgan fingerprint density at radius 1 is 0.773 bits per heavy atom. The van der Waals surface area contributed by atoms with Crippen LogP contribution >= 0.6 is 23.2 Å². The number of benzene rings is 2. The van der Waals surface area contributed by atoms with E-state index in [0.29, 0.717) is 16.6 Å². The summed E-state index contributed by atoms with van der Waals surface area (Å²) in [4.78, 5) is 4.42. The first-order chi connectivity index (χ1) is 10.7. The molecule has 0 aliphatic carbocycles. The number of pyridine rings is 1. The Bertz CT molecular complexity index is 781. The van der Waals surface area contributed by atoms with Gasteiger partial charge in [0.1, 0.15) is 0 Å². The molecule has 0 unspecified atom stereocenters. The van der Waals surface area contributed by atoms with Gasteiger partial charge in [-0.1, -0.05) is 47.5 Å². The van der Waals surface area contributed by atoms with Crippen LogP contribution < -0.4 is 5.73 Å². The van der Waals surface area contributed by atoms with Gasteiger partial charge in [-0.05, 0) is 47.0 Å². The number of hydrogen-bond donors (Lipinski definition) is 1. The molecule has 0 spiro atoms. The van der Waals surface area contributed by atoms with E-state index in [2.05, 4.69) is 4.98 Å². The average Bonchev–Trinajstić information content (AvgIpc) is 2.56. The molecular formula is C18H14Cl2N2. The predicted octanol–water partition coefficient (Wildman–Crippen LogP) is 5.18. The van der Waals surface area contributed by atoms with Gasteiger partial charge in [0.2, 0.25) is 0 Å². The smallest absolute Gasteiger partial charge is 0.0546 e. The largest absolute Gasteiger partial charge is 0.325 e. The average molecular weight is 329 g/mol. The van der Waals surface area contributed by atoms with Gasteiger partial charge in [-0.25, -0.2) is 0 Å². The zero-order valence-electron chi connectivity index (χ0n) is 11.8. The summed E-state index contributed by atoms with van der Waals surface area (Å²) in [6.07, 6.45) is 1.86. The van der Waals surface area contributed by atoms with Crippen LogP contribution in [-0.4, -0.2) is 4.98 Å². The molecule has 0 saturated carbocycles. The maximum atomic E-state index is 5.98. The molecule has 0 atom stereocenters. The molecule has 0 fully saturated rings. The van der Waals surface area contributed by atoms with Crippen molar-refractivity contribution in [2.24, 2.45) is 5.73 Å². The van der Waals surface area contributed by atoms with Gasteiger partial charge in [-0.2, -0.15) is 0 Å². The van der Waals surface area contributed by atoms with Crippen molar-refractivity contribution in [3.8, 4) is 22.3 Å². The lowest BCUT2D eigenvalue weighted by Gasteiger charge is -2.12. The predicted molar refractivity (Wildman–Crippen MR) is 93.0 cm³/mol. The van der Waals surface area contributed by atoms with E-state index in [1.165, 1.54) is 0 Å². The first kappa shape index (κ1) is 15.0. The van der Waals surface area contributed by atoms with Gasteiger partial charge in [0.15, 0.2) is 0 Å². The lowest BCUT2D eigenvalue weighted by molar-refractivity contribution is 0.992. The summed E-state index contributed by atoms with van der Waals surface area (Å²) in [6, 6.07) is 17.5. The van der Waals surface area contributed by atoms with E-state index in [9.17, 15) is 0 Å². The van der Waals surface area contributed by atoms with Crippen molar-refractivity contribution in [3.05, 3.63) is 76.5 Å². The molecule has 0 aliphatic heterocycles. The van der Waals surface area contributed by atoms with Gasteiger partial charge >= 0.3 is 0 Å². The summed E-state index contributed by atoms with van der Waals surface area (Å²) < 4.78 is 0. The maximum absolute atomic E-state index is 5.98. The fourth-order valence-electron chi connectivity index (χ4n) is 2.34. The van der Waals surface area contributed by atoms with Crippen molar-refractivity contribution in [2.75, 3.05) is 0 Å². The van der Waals surface area contributed by atoms with E-state index in [-0.39, 0.29) is 0 Å². The lowest BCUT2D eigenvalue weighted by atomic mass is 9.96. The fraction of sp³-hybridized carbons (Fsp3) is 0.0556. The molecule has 1 aromatic heterocycles. The molecule has 0 radical (unpaired) electrons. The van der Waals surface area contributed by atoms with E-state index < -0.39 is 0 Å². The Kier molecular flexibility index (Phi) is 4.44. The van der Waals surface area contributed by atoms with Crippen LogP contribution in [0.1, 0.15) is 5.69 Å². The lowest BCUT2D eigenvalue weighted by Crippen LogP contribution is -2.00. The van der Waals surface area contributed by atoms with Crippen LogP contribution in [0.4, 0.5) is 0 Å². The molecule has 22 heavy (non-hydrogen) atoms. The highest BCUT2D eigenvalue weighted by Gasteiger charge is 2.09. The summed E-state index contributed by atoms with van der Waals surface area (Å²) in [5.41, 5.74) is 10.8. The van der Waals surface area contributed by atoms with E-state index in [0.717, 1.165) is 27.9 Å². The molecular weight excluding hydrogens is 315 g/mol. The monoisotopic (exact) mass is 328 g/mol. The van der Waals surface area contributed by atoms with Crippen LogP contribution in [0.5, 0.6) is 0 Å². The van der Waals surface area contributed by atoms with Crippen molar-refractivity contribution in [1.82, 2.24) is 4.98 Å². The molecule has 2 nitrogen and oxygen atoms in total. The van der Waals surface area contributed by atoms with Crippen LogP contribution in [-0.2, 0) is 6.54 Å². The van der Waals surface area contributed by atoms with Crippen LogP contribution in [0.15, 0.2) is 60.8 Å². The SMILES string of the molecule is NCc1cc(-c2ccc(Cl)cc2)c(-c2ccc(Cl)cc2)cn1. The minimum atomic E-state index is 0.404. The Labute approximate surface area is 139 Å². The minimum Gasteiger partial charge on any atom is -0.325 e. The zero-order chi connectivity index (χ0) is 15.5. The van der Waals surface area contributed by atoms with Crippen LogP contribution in [0.25, 0.3) is 22.3 Å².